The largest absolute Gasteiger partial charge is 0.333 e. The maximum absolute atomic E-state index is 5.51. The maximum Gasteiger partial charge on any atom is 0.0856 e. The van der Waals surface area contributed by atoms with Crippen molar-refractivity contribution in [3.05, 3.63) is 35.9 Å². The average molecular weight is 291 g/mol. The summed E-state index contributed by atoms with van der Waals surface area (Å²) in [6, 6.07) is 10.7. The van der Waals surface area contributed by atoms with E-state index in [1.165, 1.54) is 31.2 Å². The van der Waals surface area contributed by atoms with E-state index in [1.807, 2.05) is 11.9 Å². The molecular formula is C16H21NS2. The van der Waals surface area contributed by atoms with Crippen molar-refractivity contribution in [3.8, 4) is 0 Å². The van der Waals surface area contributed by atoms with Gasteiger partial charge in [0.2, 0.25) is 0 Å². The second kappa shape index (κ2) is 7.11. The van der Waals surface area contributed by atoms with Crippen LogP contribution in [0.2, 0.25) is 0 Å². The van der Waals surface area contributed by atoms with Gasteiger partial charge in [-0.3, -0.25) is 0 Å². The van der Waals surface area contributed by atoms with Gasteiger partial charge in [0.25, 0.3) is 0 Å². The van der Waals surface area contributed by atoms with Crippen LogP contribution in [0.4, 0.5) is 0 Å². The number of rotatable bonds is 5. The summed E-state index contributed by atoms with van der Waals surface area (Å²) < 4.78 is 0. The van der Waals surface area contributed by atoms with Gasteiger partial charge in [0, 0.05) is 13.0 Å². The van der Waals surface area contributed by atoms with Crippen molar-refractivity contribution >= 4 is 34.4 Å². The third-order valence-corrected chi connectivity index (χ3v) is 4.96. The van der Waals surface area contributed by atoms with Crippen molar-refractivity contribution in [2.75, 3.05) is 7.05 Å². The Labute approximate surface area is 127 Å². The molecule has 1 fully saturated rings. The lowest BCUT2D eigenvalue weighted by molar-refractivity contribution is 0.489. The third kappa shape index (κ3) is 4.08. The predicted octanol–water partition coefficient (Wildman–Crippen LogP) is 4.40. The third-order valence-electron chi connectivity index (χ3n) is 3.87. The molecule has 2 rings (SSSR count). The van der Waals surface area contributed by atoms with E-state index in [4.69, 9.17) is 24.4 Å². The van der Waals surface area contributed by atoms with Crippen LogP contribution in [0.25, 0.3) is 0 Å². The fraction of sp³-hybridized carbons (Fsp3) is 0.500. The van der Waals surface area contributed by atoms with Crippen LogP contribution in [0.3, 0.4) is 0 Å². The second-order valence-electron chi connectivity index (χ2n) is 5.26. The first-order valence-electron chi connectivity index (χ1n) is 7.03. The topological polar surface area (TPSA) is 3.24 Å². The monoisotopic (exact) mass is 291 g/mol. The van der Waals surface area contributed by atoms with Gasteiger partial charge in [-0.1, -0.05) is 61.2 Å². The van der Waals surface area contributed by atoms with Gasteiger partial charge >= 0.3 is 0 Å². The Balaban J connectivity index is 1.71. The Morgan fingerprint density at radius 1 is 1.16 bits per heavy atom. The number of unbranched alkanes of at least 4 members (excludes halogenated alkanes) is 1. The Hall–Kier alpha value is -0.800. The molecule has 1 aliphatic rings. The highest BCUT2D eigenvalue weighted by Crippen LogP contribution is 2.25. The van der Waals surface area contributed by atoms with Crippen molar-refractivity contribution in [2.24, 2.45) is 5.92 Å². The Bertz CT molecular complexity index is 441. The molecule has 0 aromatic heterocycles. The Morgan fingerprint density at radius 3 is 2.63 bits per heavy atom. The van der Waals surface area contributed by atoms with Crippen molar-refractivity contribution in [2.45, 2.75) is 38.5 Å². The summed E-state index contributed by atoms with van der Waals surface area (Å²) in [4.78, 5) is 4.09. The number of hydrogen-bond donors (Lipinski definition) is 0. The lowest BCUT2D eigenvalue weighted by Gasteiger charge is -2.32. The van der Waals surface area contributed by atoms with E-state index in [-0.39, 0.29) is 0 Å². The molecule has 19 heavy (non-hydrogen) atoms. The summed E-state index contributed by atoms with van der Waals surface area (Å²) in [6.45, 7) is 0. The summed E-state index contributed by atoms with van der Waals surface area (Å²) in [5.74, 6) is 0.558. The smallest absolute Gasteiger partial charge is 0.0856 e. The van der Waals surface area contributed by atoms with E-state index in [9.17, 15) is 0 Å². The first-order valence-corrected chi connectivity index (χ1v) is 7.84. The quantitative estimate of drug-likeness (QED) is 0.585. The minimum atomic E-state index is 0.558. The summed E-state index contributed by atoms with van der Waals surface area (Å²) in [7, 11) is 2.01. The molecule has 1 nitrogen and oxygen atoms in total. The summed E-state index contributed by atoms with van der Waals surface area (Å²) in [5, 5.41) is 0. The standard InChI is InChI=1S/C16H21NS2/c1-17-15(18)12-11-14(16(17)19)10-6-5-9-13-7-3-2-4-8-13/h2-4,7-8,14H,5-6,9-12H2,1H3. The first-order chi connectivity index (χ1) is 9.18. The molecule has 0 bridgehead atoms. The number of hydrogen-bond acceptors (Lipinski definition) is 2. The minimum absolute atomic E-state index is 0.558. The number of benzene rings is 1. The zero-order chi connectivity index (χ0) is 13.7. The predicted molar refractivity (Wildman–Crippen MR) is 89.7 cm³/mol. The Morgan fingerprint density at radius 2 is 1.89 bits per heavy atom. The highest BCUT2D eigenvalue weighted by atomic mass is 32.1. The van der Waals surface area contributed by atoms with Gasteiger partial charge in [0.05, 0.1) is 9.98 Å². The molecule has 1 aromatic carbocycles. The fourth-order valence-corrected chi connectivity index (χ4v) is 3.24. The van der Waals surface area contributed by atoms with Gasteiger partial charge in [-0.05, 0) is 37.7 Å². The molecule has 0 saturated carbocycles. The molecule has 3 heteroatoms. The van der Waals surface area contributed by atoms with Crippen LogP contribution in [-0.2, 0) is 6.42 Å². The van der Waals surface area contributed by atoms with Crippen LogP contribution >= 0.6 is 24.4 Å². The molecule has 0 spiro atoms. The van der Waals surface area contributed by atoms with Crippen LogP contribution in [0.5, 0.6) is 0 Å². The van der Waals surface area contributed by atoms with E-state index in [1.54, 1.807) is 0 Å². The first kappa shape index (κ1) is 14.6. The summed E-state index contributed by atoms with van der Waals surface area (Å²) >= 11 is 10.8. The lowest BCUT2D eigenvalue weighted by atomic mass is 9.92. The van der Waals surface area contributed by atoms with Crippen LogP contribution < -0.4 is 0 Å². The van der Waals surface area contributed by atoms with Gasteiger partial charge in [-0.25, -0.2) is 0 Å². The number of nitrogens with zero attached hydrogens (tertiary/aromatic N) is 1. The van der Waals surface area contributed by atoms with Crippen molar-refractivity contribution in [3.63, 3.8) is 0 Å². The van der Waals surface area contributed by atoms with Crippen molar-refractivity contribution < 1.29 is 0 Å². The molecule has 0 amide bonds. The van der Waals surface area contributed by atoms with Gasteiger partial charge in [0.1, 0.15) is 0 Å². The maximum atomic E-state index is 5.51. The zero-order valence-electron chi connectivity index (χ0n) is 11.5. The highest BCUT2D eigenvalue weighted by Gasteiger charge is 2.25. The molecule has 1 heterocycles. The zero-order valence-corrected chi connectivity index (χ0v) is 13.1. The molecule has 1 saturated heterocycles. The van der Waals surface area contributed by atoms with E-state index in [2.05, 4.69) is 30.3 Å². The van der Waals surface area contributed by atoms with E-state index in [0.717, 1.165) is 22.8 Å². The Kier molecular flexibility index (Phi) is 5.46. The molecular weight excluding hydrogens is 270 g/mol. The molecule has 0 aliphatic carbocycles. The molecule has 1 unspecified atom stereocenters. The lowest BCUT2D eigenvalue weighted by Crippen LogP contribution is -2.40. The SMILES string of the molecule is CN1C(=S)CCC(CCCCc2ccccc2)C1=S. The summed E-state index contributed by atoms with van der Waals surface area (Å²) in [5.41, 5.74) is 1.44. The molecule has 1 aliphatic heterocycles. The van der Waals surface area contributed by atoms with Gasteiger partial charge in [-0.2, -0.15) is 0 Å². The van der Waals surface area contributed by atoms with Crippen molar-refractivity contribution in [1.29, 1.82) is 0 Å². The average Bonchev–Trinajstić information content (AvgIpc) is 2.44. The molecule has 1 atom stereocenters. The van der Waals surface area contributed by atoms with E-state index in [0.29, 0.717) is 5.92 Å². The number of aryl methyl sites for hydroxylation is 1. The van der Waals surface area contributed by atoms with Crippen LogP contribution in [-0.4, -0.2) is 21.9 Å². The van der Waals surface area contributed by atoms with Crippen LogP contribution in [0.15, 0.2) is 30.3 Å². The van der Waals surface area contributed by atoms with Crippen LogP contribution in [0, 0.1) is 5.92 Å². The minimum Gasteiger partial charge on any atom is -0.333 e. The van der Waals surface area contributed by atoms with Gasteiger partial charge in [-0.15, -0.1) is 0 Å². The normalized spacial score (nSPS) is 19.8. The van der Waals surface area contributed by atoms with E-state index < -0.39 is 0 Å². The number of thiocarbonyl (C=S) groups is 2. The molecule has 1 aromatic rings. The molecule has 102 valence electrons. The fourth-order valence-electron chi connectivity index (χ4n) is 2.62. The number of piperidine rings is 1. The molecule has 0 N–H and O–H groups in total. The van der Waals surface area contributed by atoms with Crippen molar-refractivity contribution in [1.82, 2.24) is 4.90 Å². The summed E-state index contributed by atoms with van der Waals surface area (Å²) in [6.07, 6.45) is 7.05. The molecule has 0 radical (unpaired) electrons. The van der Waals surface area contributed by atoms with Gasteiger partial charge in [0.15, 0.2) is 0 Å². The highest BCUT2D eigenvalue weighted by molar-refractivity contribution is 7.82. The van der Waals surface area contributed by atoms with Gasteiger partial charge < -0.3 is 4.90 Å². The van der Waals surface area contributed by atoms with E-state index >= 15 is 0 Å². The van der Waals surface area contributed by atoms with Crippen LogP contribution in [0.1, 0.15) is 37.7 Å². The number of likely N-dealkylation sites (tertiary alicyclic amines) is 1. The second-order valence-corrected chi connectivity index (χ2v) is 6.15.